The maximum absolute atomic E-state index is 12.6. The van der Waals surface area contributed by atoms with Gasteiger partial charge in [0.1, 0.15) is 11.3 Å². The first kappa shape index (κ1) is 19.6. The molecule has 1 unspecified atom stereocenters. The molecule has 0 spiro atoms. The second-order valence-electron chi connectivity index (χ2n) is 7.18. The molecular formula is C22H22N4O4. The van der Waals surface area contributed by atoms with E-state index in [1.54, 1.807) is 13.2 Å². The van der Waals surface area contributed by atoms with E-state index in [-0.39, 0.29) is 18.4 Å². The smallest absolute Gasteiger partial charge is 0.336 e. The molecule has 3 aromatic heterocycles. The van der Waals surface area contributed by atoms with Crippen molar-refractivity contribution in [2.24, 2.45) is 0 Å². The van der Waals surface area contributed by atoms with Gasteiger partial charge in [-0.05, 0) is 49.6 Å². The van der Waals surface area contributed by atoms with Crippen LogP contribution in [-0.2, 0) is 11.2 Å². The zero-order chi connectivity index (χ0) is 21.3. The van der Waals surface area contributed by atoms with Gasteiger partial charge in [-0.15, -0.1) is 10.2 Å². The van der Waals surface area contributed by atoms with Gasteiger partial charge in [-0.1, -0.05) is 6.07 Å². The molecule has 0 aliphatic rings. The quantitative estimate of drug-likeness (QED) is 0.494. The van der Waals surface area contributed by atoms with Gasteiger partial charge < -0.3 is 14.5 Å². The monoisotopic (exact) mass is 406 g/mol. The zero-order valence-corrected chi connectivity index (χ0v) is 17.0. The fourth-order valence-corrected chi connectivity index (χ4v) is 3.56. The lowest BCUT2D eigenvalue weighted by Crippen LogP contribution is -2.28. The number of amides is 1. The van der Waals surface area contributed by atoms with Crippen LogP contribution in [0.5, 0.6) is 5.75 Å². The number of pyridine rings is 1. The topological polar surface area (TPSA) is 98.7 Å². The first-order chi connectivity index (χ1) is 14.5. The molecule has 0 aliphatic heterocycles. The Morgan fingerprint density at radius 3 is 2.90 bits per heavy atom. The molecule has 8 nitrogen and oxygen atoms in total. The number of fused-ring (bicyclic) bond motifs is 2. The minimum atomic E-state index is -0.399. The van der Waals surface area contributed by atoms with E-state index in [0.717, 1.165) is 22.2 Å². The summed E-state index contributed by atoms with van der Waals surface area (Å²) in [5.74, 6) is 1.15. The number of methoxy groups -OCH3 is 1. The number of carbonyl (C=O) groups excluding carboxylic acids is 1. The molecule has 0 saturated heterocycles. The summed E-state index contributed by atoms with van der Waals surface area (Å²) in [6.07, 6.45) is 2.63. The van der Waals surface area contributed by atoms with Crippen molar-refractivity contribution < 1.29 is 13.9 Å². The predicted molar refractivity (Wildman–Crippen MR) is 112 cm³/mol. The molecule has 0 aliphatic carbocycles. The van der Waals surface area contributed by atoms with Crippen LogP contribution < -0.4 is 15.7 Å². The van der Waals surface area contributed by atoms with E-state index >= 15 is 0 Å². The van der Waals surface area contributed by atoms with Gasteiger partial charge in [0.15, 0.2) is 11.5 Å². The molecule has 30 heavy (non-hydrogen) atoms. The highest BCUT2D eigenvalue weighted by atomic mass is 16.5. The second kappa shape index (κ2) is 7.98. The lowest BCUT2D eigenvalue weighted by atomic mass is 10.0. The molecule has 1 atom stereocenters. The lowest BCUT2D eigenvalue weighted by molar-refractivity contribution is -0.121. The number of carbonyl (C=O) groups is 1. The number of aryl methyl sites for hydroxylation is 2. The SMILES string of the molecule is COc1cc2oc(=O)cc(C)c2cc1CCC(=O)NC(C)c1nnc2ccccn12. The number of benzene rings is 1. The van der Waals surface area contributed by atoms with E-state index < -0.39 is 5.63 Å². The summed E-state index contributed by atoms with van der Waals surface area (Å²) in [4.78, 5) is 24.2. The highest BCUT2D eigenvalue weighted by molar-refractivity contribution is 5.83. The Labute approximate surface area is 172 Å². The highest BCUT2D eigenvalue weighted by Gasteiger charge is 2.17. The summed E-state index contributed by atoms with van der Waals surface area (Å²) in [5.41, 5.74) is 2.50. The van der Waals surface area contributed by atoms with Gasteiger partial charge in [0.05, 0.1) is 13.2 Å². The van der Waals surface area contributed by atoms with Crippen LogP contribution in [-0.4, -0.2) is 27.6 Å². The van der Waals surface area contributed by atoms with Crippen LogP contribution in [0.15, 0.2) is 51.8 Å². The molecule has 0 bridgehead atoms. The Bertz CT molecular complexity index is 1290. The van der Waals surface area contributed by atoms with Gasteiger partial charge in [0.25, 0.3) is 0 Å². The fourth-order valence-electron chi connectivity index (χ4n) is 3.56. The molecule has 0 saturated carbocycles. The minimum absolute atomic E-state index is 0.103. The first-order valence-electron chi connectivity index (χ1n) is 9.66. The van der Waals surface area contributed by atoms with E-state index in [2.05, 4.69) is 15.5 Å². The highest BCUT2D eigenvalue weighted by Crippen LogP contribution is 2.28. The molecule has 0 fully saturated rings. The van der Waals surface area contributed by atoms with Crippen molar-refractivity contribution >= 4 is 22.5 Å². The fraction of sp³-hybridized carbons (Fsp3) is 0.273. The summed E-state index contributed by atoms with van der Waals surface area (Å²) in [5, 5.41) is 12.1. The molecular weight excluding hydrogens is 384 g/mol. The van der Waals surface area contributed by atoms with Crippen LogP contribution in [0.4, 0.5) is 0 Å². The van der Waals surface area contributed by atoms with Crippen molar-refractivity contribution in [3.05, 3.63) is 70.0 Å². The van der Waals surface area contributed by atoms with Gasteiger partial charge in [-0.2, -0.15) is 0 Å². The minimum Gasteiger partial charge on any atom is -0.496 e. The standard InChI is InChI=1S/C22H22N4O4/c1-13-10-21(28)30-18-12-17(29-3)15(11-16(13)18)7-8-20(27)23-14(2)22-25-24-19-6-4-5-9-26(19)22/h4-6,9-12,14H,7-8H2,1-3H3,(H,23,27). The van der Waals surface area contributed by atoms with E-state index in [1.165, 1.54) is 6.07 Å². The average Bonchev–Trinajstić information content (AvgIpc) is 3.16. The number of ether oxygens (including phenoxy) is 1. The van der Waals surface area contributed by atoms with Crippen LogP contribution >= 0.6 is 0 Å². The molecule has 1 amide bonds. The summed E-state index contributed by atoms with van der Waals surface area (Å²) < 4.78 is 12.6. The van der Waals surface area contributed by atoms with Gasteiger partial charge >= 0.3 is 5.63 Å². The van der Waals surface area contributed by atoms with Crippen LogP contribution in [0.2, 0.25) is 0 Å². The van der Waals surface area contributed by atoms with Gasteiger partial charge in [0, 0.05) is 30.1 Å². The number of nitrogens with zero attached hydrogens (tertiary/aromatic N) is 3. The van der Waals surface area contributed by atoms with Gasteiger partial charge in [-0.3, -0.25) is 9.20 Å². The first-order valence-corrected chi connectivity index (χ1v) is 9.66. The summed E-state index contributed by atoms with van der Waals surface area (Å²) in [6.45, 7) is 3.73. The van der Waals surface area contributed by atoms with Crippen molar-refractivity contribution in [3.8, 4) is 5.75 Å². The van der Waals surface area contributed by atoms with Crippen LogP contribution in [0, 0.1) is 6.92 Å². The molecule has 8 heteroatoms. The van der Waals surface area contributed by atoms with Crippen molar-refractivity contribution in [1.82, 2.24) is 19.9 Å². The molecule has 4 rings (SSSR count). The summed E-state index contributed by atoms with van der Waals surface area (Å²) >= 11 is 0. The second-order valence-corrected chi connectivity index (χ2v) is 7.18. The van der Waals surface area contributed by atoms with Crippen molar-refractivity contribution in [1.29, 1.82) is 0 Å². The number of hydrogen-bond donors (Lipinski definition) is 1. The van der Waals surface area contributed by atoms with Crippen molar-refractivity contribution in [3.63, 3.8) is 0 Å². The number of aromatic nitrogens is 3. The molecule has 3 heterocycles. The average molecular weight is 406 g/mol. The molecule has 4 aromatic rings. The van der Waals surface area contributed by atoms with Gasteiger partial charge in [0.2, 0.25) is 5.91 Å². The maximum Gasteiger partial charge on any atom is 0.336 e. The Kier molecular flexibility index (Phi) is 5.22. The normalized spacial score (nSPS) is 12.2. The van der Waals surface area contributed by atoms with E-state index in [4.69, 9.17) is 9.15 Å². The van der Waals surface area contributed by atoms with E-state index in [9.17, 15) is 9.59 Å². The van der Waals surface area contributed by atoms with E-state index in [1.807, 2.05) is 48.7 Å². The molecule has 1 N–H and O–H groups in total. The van der Waals surface area contributed by atoms with Gasteiger partial charge in [-0.25, -0.2) is 4.79 Å². The summed E-state index contributed by atoms with van der Waals surface area (Å²) in [6, 6.07) is 10.4. The third-order valence-electron chi connectivity index (χ3n) is 5.08. The number of hydrogen-bond acceptors (Lipinski definition) is 6. The maximum atomic E-state index is 12.6. The molecule has 154 valence electrons. The lowest BCUT2D eigenvalue weighted by Gasteiger charge is -2.14. The Morgan fingerprint density at radius 1 is 1.27 bits per heavy atom. The predicted octanol–water partition coefficient (Wildman–Crippen LogP) is 2.96. The third-order valence-corrected chi connectivity index (χ3v) is 5.08. The van der Waals surface area contributed by atoms with Crippen LogP contribution in [0.1, 0.15) is 36.3 Å². The van der Waals surface area contributed by atoms with Crippen molar-refractivity contribution in [2.45, 2.75) is 32.7 Å². The van der Waals surface area contributed by atoms with E-state index in [0.29, 0.717) is 23.6 Å². The summed E-state index contributed by atoms with van der Waals surface area (Å²) in [7, 11) is 1.55. The Hall–Kier alpha value is -3.68. The van der Waals surface area contributed by atoms with Crippen molar-refractivity contribution in [2.75, 3.05) is 7.11 Å². The number of nitrogens with one attached hydrogen (secondary N) is 1. The zero-order valence-electron chi connectivity index (χ0n) is 17.0. The third kappa shape index (κ3) is 3.76. The van der Waals surface area contributed by atoms with Crippen LogP contribution in [0.3, 0.4) is 0 Å². The van der Waals surface area contributed by atoms with Crippen LogP contribution in [0.25, 0.3) is 16.6 Å². The Morgan fingerprint density at radius 2 is 2.10 bits per heavy atom. The molecule has 1 aromatic carbocycles. The number of rotatable bonds is 6. The molecule has 0 radical (unpaired) electrons. The Balaban J connectivity index is 1.49. The largest absolute Gasteiger partial charge is 0.496 e.